The van der Waals surface area contributed by atoms with E-state index in [-0.39, 0.29) is 23.0 Å². The molecule has 0 fully saturated rings. The van der Waals surface area contributed by atoms with E-state index in [2.05, 4.69) is 0 Å². The molecule has 128 valence electrons. The van der Waals surface area contributed by atoms with Gasteiger partial charge in [-0.15, -0.1) is 11.3 Å². The Bertz CT molecular complexity index is 753. The summed E-state index contributed by atoms with van der Waals surface area (Å²) >= 11 is 7.48. The maximum Gasteiger partial charge on any atom is 0.338 e. The number of carbonyl (C=O) groups excluding carboxylic acids is 2. The molecule has 1 aromatic heterocycles. The third-order valence-corrected chi connectivity index (χ3v) is 4.43. The molecule has 0 aliphatic carbocycles. The largest absolute Gasteiger partial charge is 0.493 e. The van der Waals surface area contributed by atoms with Crippen molar-refractivity contribution >= 4 is 34.7 Å². The Morgan fingerprint density at radius 1 is 1.25 bits per heavy atom. The number of aryl methyl sites for hydroxylation is 1. The predicted molar refractivity (Wildman–Crippen MR) is 92.8 cm³/mol. The first-order chi connectivity index (χ1) is 11.5. The van der Waals surface area contributed by atoms with Gasteiger partial charge in [0.05, 0.1) is 29.2 Å². The number of ether oxygens (including phenoxy) is 3. The van der Waals surface area contributed by atoms with Crippen LogP contribution in [-0.2, 0) is 4.74 Å². The quantitative estimate of drug-likeness (QED) is 0.542. The molecule has 0 unspecified atom stereocenters. The van der Waals surface area contributed by atoms with E-state index in [0.29, 0.717) is 23.0 Å². The number of ketones is 1. The average molecular weight is 369 g/mol. The summed E-state index contributed by atoms with van der Waals surface area (Å²) in [7, 11) is 1.45. The lowest BCUT2D eigenvalue weighted by Crippen LogP contribution is -2.13. The van der Waals surface area contributed by atoms with Crippen LogP contribution >= 0.6 is 22.9 Å². The van der Waals surface area contributed by atoms with E-state index in [4.69, 9.17) is 25.8 Å². The number of Topliss-reactive ketones (excluding diaryl/α,β-unsaturated/α-hetero) is 1. The summed E-state index contributed by atoms with van der Waals surface area (Å²) in [5.74, 6) is -0.204. The molecule has 0 aliphatic heterocycles. The Labute approximate surface area is 149 Å². The highest BCUT2D eigenvalue weighted by Gasteiger charge is 2.18. The van der Waals surface area contributed by atoms with Crippen molar-refractivity contribution in [1.29, 1.82) is 0 Å². The molecule has 0 radical (unpaired) electrons. The topological polar surface area (TPSA) is 61.8 Å². The van der Waals surface area contributed by atoms with E-state index >= 15 is 0 Å². The molecule has 5 nitrogen and oxygen atoms in total. The van der Waals surface area contributed by atoms with Crippen LogP contribution in [0.5, 0.6) is 11.5 Å². The fourth-order valence-corrected chi connectivity index (χ4v) is 3.05. The molecule has 2 aromatic rings. The van der Waals surface area contributed by atoms with Gasteiger partial charge >= 0.3 is 5.97 Å². The first-order valence-corrected chi connectivity index (χ1v) is 8.42. The van der Waals surface area contributed by atoms with E-state index in [0.717, 1.165) is 4.88 Å². The van der Waals surface area contributed by atoms with Crippen LogP contribution in [0.3, 0.4) is 0 Å². The number of halogens is 1. The van der Waals surface area contributed by atoms with Gasteiger partial charge in [-0.25, -0.2) is 4.79 Å². The molecular weight excluding hydrogens is 352 g/mol. The zero-order chi connectivity index (χ0) is 17.7. The Kier molecular flexibility index (Phi) is 6.23. The molecule has 0 saturated heterocycles. The number of hydrogen-bond acceptors (Lipinski definition) is 6. The van der Waals surface area contributed by atoms with Gasteiger partial charge < -0.3 is 14.2 Å². The van der Waals surface area contributed by atoms with Gasteiger partial charge in [-0.3, -0.25) is 4.79 Å². The summed E-state index contributed by atoms with van der Waals surface area (Å²) in [6, 6.07) is 6.46. The van der Waals surface area contributed by atoms with Gasteiger partial charge in [0.15, 0.2) is 18.1 Å². The number of rotatable bonds is 7. The van der Waals surface area contributed by atoms with E-state index in [9.17, 15) is 9.59 Å². The molecule has 0 atom stereocenters. The van der Waals surface area contributed by atoms with Gasteiger partial charge in [-0.2, -0.15) is 0 Å². The molecule has 0 N–H and O–H groups in total. The van der Waals surface area contributed by atoms with Crippen LogP contribution < -0.4 is 9.47 Å². The molecule has 1 heterocycles. The van der Waals surface area contributed by atoms with Crippen molar-refractivity contribution in [3.63, 3.8) is 0 Å². The highest BCUT2D eigenvalue weighted by atomic mass is 35.5. The molecule has 7 heteroatoms. The van der Waals surface area contributed by atoms with Crippen LogP contribution in [0.4, 0.5) is 0 Å². The van der Waals surface area contributed by atoms with Crippen molar-refractivity contribution < 1.29 is 23.8 Å². The molecular formula is C17H17ClO5S. The van der Waals surface area contributed by atoms with E-state index in [1.54, 1.807) is 6.07 Å². The fraction of sp³-hybridized carbons (Fsp3) is 0.294. The molecule has 2 rings (SSSR count). The van der Waals surface area contributed by atoms with Gasteiger partial charge in [0.25, 0.3) is 0 Å². The zero-order valence-corrected chi connectivity index (χ0v) is 15.1. The van der Waals surface area contributed by atoms with E-state index in [1.807, 2.05) is 19.9 Å². The van der Waals surface area contributed by atoms with Gasteiger partial charge in [0, 0.05) is 4.88 Å². The first-order valence-electron chi connectivity index (χ1n) is 7.23. The minimum Gasteiger partial charge on any atom is -0.493 e. The smallest absolute Gasteiger partial charge is 0.338 e. The zero-order valence-electron chi connectivity index (χ0n) is 13.6. The van der Waals surface area contributed by atoms with E-state index in [1.165, 1.54) is 30.6 Å². The maximum absolute atomic E-state index is 12.1. The van der Waals surface area contributed by atoms with Crippen LogP contribution in [0.25, 0.3) is 0 Å². The van der Waals surface area contributed by atoms with Crippen molar-refractivity contribution in [2.75, 3.05) is 20.3 Å². The summed E-state index contributed by atoms with van der Waals surface area (Å²) in [5, 5.41) is 0.239. The summed E-state index contributed by atoms with van der Waals surface area (Å²) in [6.45, 7) is 3.80. The molecule has 1 aromatic carbocycles. The second-order valence-electron chi connectivity index (χ2n) is 4.83. The Morgan fingerprint density at radius 2 is 2.00 bits per heavy atom. The second kappa shape index (κ2) is 8.17. The summed E-state index contributed by atoms with van der Waals surface area (Å²) in [4.78, 5) is 25.7. The molecule has 0 spiro atoms. The predicted octanol–water partition coefficient (Wildman–Crippen LogP) is 4.16. The number of methoxy groups -OCH3 is 1. The number of esters is 1. The van der Waals surface area contributed by atoms with Crippen molar-refractivity contribution in [2.24, 2.45) is 0 Å². The third kappa shape index (κ3) is 4.27. The highest BCUT2D eigenvalue weighted by molar-refractivity contribution is 7.14. The van der Waals surface area contributed by atoms with E-state index < -0.39 is 5.97 Å². The minimum atomic E-state index is -0.653. The Morgan fingerprint density at radius 3 is 2.58 bits per heavy atom. The fourth-order valence-electron chi connectivity index (χ4n) is 1.99. The molecule has 0 bridgehead atoms. The number of hydrogen-bond donors (Lipinski definition) is 0. The van der Waals surface area contributed by atoms with Gasteiger partial charge in [0.1, 0.15) is 0 Å². The van der Waals surface area contributed by atoms with Crippen molar-refractivity contribution in [2.45, 2.75) is 13.8 Å². The van der Waals surface area contributed by atoms with Gasteiger partial charge in [-0.05, 0) is 38.1 Å². The lowest BCUT2D eigenvalue weighted by atomic mass is 10.2. The Hall–Kier alpha value is -2.05. The van der Waals surface area contributed by atoms with Crippen molar-refractivity contribution in [3.8, 4) is 11.5 Å². The number of benzene rings is 1. The normalized spacial score (nSPS) is 10.3. The monoisotopic (exact) mass is 368 g/mol. The molecule has 0 amide bonds. The highest BCUT2D eigenvalue weighted by Crippen LogP contribution is 2.36. The first kappa shape index (κ1) is 18.3. The van der Waals surface area contributed by atoms with Crippen LogP contribution in [0.2, 0.25) is 5.02 Å². The van der Waals surface area contributed by atoms with Crippen molar-refractivity contribution in [1.82, 2.24) is 0 Å². The summed E-state index contributed by atoms with van der Waals surface area (Å²) in [5.41, 5.74) is 0.190. The Balaban J connectivity index is 2.09. The number of carbonyl (C=O) groups is 2. The van der Waals surface area contributed by atoms with Crippen LogP contribution in [0.15, 0.2) is 24.3 Å². The van der Waals surface area contributed by atoms with Gasteiger partial charge in [-0.1, -0.05) is 11.6 Å². The SMILES string of the molecule is CCOc1c(Cl)cc(C(=O)OCC(=O)c2ccc(C)s2)cc1OC. The summed E-state index contributed by atoms with van der Waals surface area (Å²) in [6.07, 6.45) is 0. The minimum absolute atomic E-state index is 0.190. The standard InChI is InChI=1S/C17H17ClO5S/c1-4-22-16-12(18)7-11(8-14(16)21-3)17(20)23-9-13(19)15-6-5-10(2)24-15/h5-8H,4,9H2,1-3H3. The molecule has 24 heavy (non-hydrogen) atoms. The van der Waals surface area contributed by atoms with Crippen LogP contribution in [0.1, 0.15) is 31.8 Å². The van der Waals surface area contributed by atoms with Gasteiger partial charge in [0.2, 0.25) is 5.78 Å². The third-order valence-electron chi connectivity index (χ3n) is 3.10. The average Bonchev–Trinajstić information content (AvgIpc) is 3.00. The second-order valence-corrected chi connectivity index (χ2v) is 6.53. The lowest BCUT2D eigenvalue weighted by molar-refractivity contribution is 0.0475. The lowest BCUT2D eigenvalue weighted by Gasteiger charge is -2.12. The number of thiophene rings is 1. The van der Waals surface area contributed by atoms with Crippen molar-refractivity contribution in [3.05, 3.63) is 44.6 Å². The van der Waals surface area contributed by atoms with Crippen LogP contribution in [0, 0.1) is 6.92 Å². The molecule has 0 aliphatic rings. The van der Waals surface area contributed by atoms with Crippen LogP contribution in [-0.4, -0.2) is 32.1 Å². The summed E-state index contributed by atoms with van der Waals surface area (Å²) < 4.78 is 15.6. The maximum atomic E-state index is 12.1. The molecule has 0 saturated carbocycles.